The van der Waals surface area contributed by atoms with Crippen LogP contribution in [-0.2, 0) is 16.0 Å². The van der Waals surface area contributed by atoms with Gasteiger partial charge < -0.3 is 44.5 Å². The summed E-state index contributed by atoms with van der Waals surface area (Å²) < 4.78 is 17.0. The van der Waals surface area contributed by atoms with Crippen LogP contribution >= 0.6 is 0 Å². The average molecular weight is 501 g/mol. The van der Waals surface area contributed by atoms with Crippen LogP contribution < -0.4 is 10.1 Å². The summed E-state index contributed by atoms with van der Waals surface area (Å²) in [6.45, 7) is -0.237. The first-order chi connectivity index (χ1) is 17.3. The number of esters is 1. The molecule has 192 valence electrons. The molecule has 2 aromatic carbocycles. The molecular formula is C25H28N2O9. The first-order valence-corrected chi connectivity index (χ1v) is 11.2. The van der Waals surface area contributed by atoms with Gasteiger partial charge in [-0.25, -0.2) is 4.79 Å². The number of nitrogens with one attached hydrogen (secondary N) is 1. The van der Waals surface area contributed by atoms with Gasteiger partial charge in [-0.2, -0.15) is 0 Å². The lowest BCUT2D eigenvalue weighted by atomic mass is 9.96. The number of rotatable bonds is 7. The van der Waals surface area contributed by atoms with E-state index in [1.54, 1.807) is 48.7 Å². The van der Waals surface area contributed by atoms with Crippen LogP contribution in [0.25, 0.3) is 10.9 Å². The molecule has 5 atom stereocenters. The largest absolute Gasteiger partial charge is 0.497 e. The average Bonchev–Trinajstić information content (AvgIpc) is 3.25. The Morgan fingerprint density at radius 2 is 1.78 bits per heavy atom. The predicted octanol–water partition coefficient (Wildman–Crippen LogP) is 0.0145. The second kappa shape index (κ2) is 10.6. The minimum absolute atomic E-state index is 0.261. The van der Waals surface area contributed by atoms with Crippen molar-refractivity contribution in [2.24, 2.45) is 0 Å². The smallest absolute Gasteiger partial charge is 0.337 e. The van der Waals surface area contributed by atoms with Crippen LogP contribution in [0.5, 0.6) is 5.75 Å². The molecule has 11 heteroatoms. The maximum atomic E-state index is 13.2. The SMILES string of the molecule is COC(=O)c1ccc(Cn2cc(C(=O)N[C@H]3C(O)O[C@H](CO)[C@@H](O)C3O)c3ccc(OC)cc32)cc1. The molecule has 2 heterocycles. The van der Waals surface area contributed by atoms with E-state index < -0.39 is 49.1 Å². The Kier molecular flexibility index (Phi) is 7.57. The van der Waals surface area contributed by atoms with Crippen molar-refractivity contribution in [3.05, 3.63) is 65.4 Å². The van der Waals surface area contributed by atoms with E-state index in [0.717, 1.165) is 5.56 Å². The Morgan fingerprint density at radius 1 is 1.06 bits per heavy atom. The fourth-order valence-corrected chi connectivity index (χ4v) is 4.25. The lowest BCUT2D eigenvalue weighted by Gasteiger charge is -2.40. The zero-order valence-electron chi connectivity index (χ0n) is 19.7. The number of hydrogen-bond acceptors (Lipinski definition) is 9. The second-order valence-corrected chi connectivity index (χ2v) is 8.47. The number of hydrogen-bond donors (Lipinski definition) is 5. The number of methoxy groups -OCH3 is 2. The molecule has 2 unspecified atom stereocenters. The minimum Gasteiger partial charge on any atom is -0.497 e. The Labute approximate surface area is 206 Å². The van der Waals surface area contributed by atoms with Gasteiger partial charge >= 0.3 is 5.97 Å². The summed E-state index contributed by atoms with van der Waals surface area (Å²) in [4.78, 5) is 24.9. The van der Waals surface area contributed by atoms with Crippen LogP contribution in [0, 0.1) is 0 Å². The van der Waals surface area contributed by atoms with E-state index in [1.165, 1.54) is 14.2 Å². The third-order valence-electron chi connectivity index (χ3n) is 6.26. The molecule has 0 spiro atoms. The summed E-state index contributed by atoms with van der Waals surface area (Å²) in [6, 6.07) is 10.7. The fraction of sp³-hybridized carbons (Fsp3) is 0.360. The number of benzene rings is 2. The molecule has 5 N–H and O–H groups in total. The molecular weight excluding hydrogens is 472 g/mol. The first-order valence-electron chi connectivity index (χ1n) is 11.2. The Morgan fingerprint density at radius 3 is 2.42 bits per heavy atom. The van der Waals surface area contributed by atoms with Gasteiger partial charge in [0.05, 0.1) is 37.5 Å². The lowest BCUT2D eigenvalue weighted by molar-refractivity contribution is -0.252. The number of aliphatic hydroxyl groups is 4. The maximum absolute atomic E-state index is 13.2. The van der Waals surface area contributed by atoms with Crippen LogP contribution in [0.1, 0.15) is 26.3 Å². The van der Waals surface area contributed by atoms with Crippen molar-refractivity contribution in [3.63, 3.8) is 0 Å². The predicted molar refractivity (Wildman–Crippen MR) is 127 cm³/mol. The standard InChI is InChI=1S/C25H28N2O9/c1-34-15-7-8-16-17(23(31)26-20-22(30)21(29)19(12-28)36-25(20)33)11-27(18(16)9-15)10-13-3-5-14(6-4-13)24(32)35-2/h3-9,11,19-22,25,28-30,33H,10,12H2,1-2H3,(H,26,31)/t19-,20-,21-,22?,25?/m1/s1. The van der Waals surface area contributed by atoms with Crippen molar-refractivity contribution in [1.29, 1.82) is 0 Å². The Bertz CT molecular complexity index is 1240. The topological polar surface area (TPSA) is 160 Å². The van der Waals surface area contributed by atoms with Crippen LogP contribution in [-0.4, -0.2) is 88.3 Å². The molecule has 0 saturated carbocycles. The fourth-order valence-electron chi connectivity index (χ4n) is 4.25. The molecule has 1 aliphatic rings. The molecule has 0 aliphatic carbocycles. The number of carbonyl (C=O) groups excluding carboxylic acids is 2. The summed E-state index contributed by atoms with van der Waals surface area (Å²) in [5.74, 6) is -0.464. The van der Waals surface area contributed by atoms with Crippen LogP contribution in [0.2, 0.25) is 0 Å². The van der Waals surface area contributed by atoms with E-state index in [0.29, 0.717) is 28.8 Å². The third-order valence-corrected chi connectivity index (χ3v) is 6.26. The monoisotopic (exact) mass is 500 g/mol. The van der Waals surface area contributed by atoms with Gasteiger partial charge in [-0.05, 0) is 29.8 Å². The molecule has 3 aromatic rings. The molecule has 1 amide bonds. The van der Waals surface area contributed by atoms with Gasteiger partial charge in [0.1, 0.15) is 30.1 Å². The van der Waals surface area contributed by atoms with E-state index in [2.05, 4.69) is 5.32 Å². The number of fused-ring (bicyclic) bond motifs is 1. The normalized spacial score (nSPS) is 23.9. The van der Waals surface area contributed by atoms with Crippen molar-refractivity contribution in [3.8, 4) is 5.75 Å². The number of aliphatic hydroxyl groups excluding tert-OH is 4. The molecule has 1 fully saturated rings. The van der Waals surface area contributed by atoms with Crippen molar-refractivity contribution < 1.29 is 44.2 Å². The number of amides is 1. The number of aromatic nitrogens is 1. The van der Waals surface area contributed by atoms with E-state index in [4.69, 9.17) is 14.2 Å². The van der Waals surface area contributed by atoms with Crippen LogP contribution in [0.3, 0.4) is 0 Å². The third kappa shape index (κ3) is 4.92. The summed E-state index contributed by atoms with van der Waals surface area (Å²) >= 11 is 0. The number of carbonyl (C=O) groups is 2. The van der Waals surface area contributed by atoms with E-state index in [1.807, 2.05) is 4.57 Å². The van der Waals surface area contributed by atoms with Crippen molar-refractivity contribution >= 4 is 22.8 Å². The van der Waals surface area contributed by atoms with E-state index >= 15 is 0 Å². The highest BCUT2D eigenvalue weighted by molar-refractivity contribution is 6.07. The molecule has 11 nitrogen and oxygen atoms in total. The number of ether oxygens (including phenoxy) is 3. The first kappa shape index (κ1) is 25.6. The van der Waals surface area contributed by atoms with Crippen molar-refractivity contribution in [2.45, 2.75) is 37.2 Å². The van der Waals surface area contributed by atoms with Gasteiger partial charge in [-0.15, -0.1) is 0 Å². The molecule has 4 rings (SSSR count). The van der Waals surface area contributed by atoms with Gasteiger partial charge in [-0.1, -0.05) is 12.1 Å². The van der Waals surface area contributed by atoms with Gasteiger partial charge in [0, 0.05) is 24.2 Å². The van der Waals surface area contributed by atoms with Gasteiger partial charge in [-0.3, -0.25) is 4.79 Å². The van der Waals surface area contributed by atoms with Crippen molar-refractivity contribution in [1.82, 2.24) is 9.88 Å². The van der Waals surface area contributed by atoms with Crippen LogP contribution in [0.4, 0.5) is 0 Å². The Balaban J connectivity index is 1.63. The van der Waals surface area contributed by atoms with E-state index in [9.17, 15) is 30.0 Å². The summed E-state index contributed by atoms with van der Waals surface area (Å²) in [5, 5.41) is 43.1. The summed E-state index contributed by atoms with van der Waals surface area (Å²) in [6.07, 6.45) is -4.24. The molecule has 1 aliphatic heterocycles. The zero-order valence-corrected chi connectivity index (χ0v) is 19.7. The molecule has 36 heavy (non-hydrogen) atoms. The highest BCUT2D eigenvalue weighted by atomic mass is 16.6. The summed E-state index contributed by atoms with van der Waals surface area (Å²) in [7, 11) is 2.84. The molecule has 1 saturated heterocycles. The second-order valence-electron chi connectivity index (χ2n) is 8.47. The van der Waals surface area contributed by atoms with Gasteiger partial charge in [0.2, 0.25) is 0 Å². The van der Waals surface area contributed by atoms with Gasteiger partial charge in [0.25, 0.3) is 5.91 Å². The highest BCUT2D eigenvalue weighted by Gasteiger charge is 2.44. The number of nitrogens with zero attached hydrogens (tertiary/aromatic N) is 1. The molecule has 0 bridgehead atoms. The van der Waals surface area contributed by atoms with E-state index in [-0.39, 0.29) is 5.56 Å². The summed E-state index contributed by atoms with van der Waals surface area (Å²) in [5.41, 5.74) is 2.23. The quantitative estimate of drug-likeness (QED) is 0.282. The van der Waals surface area contributed by atoms with Crippen molar-refractivity contribution in [2.75, 3.05) is 20.8 Å². The maximum Gasteiger partial charge on any atom is 0.337 e. The Hall–Kier alpha value is -3.48. The lowest BCUT2D eigenvalue weighted by Crippen LogP contribution is -2.64. The molecule has 1 aromatic heterocycles. The zero-order chi connectivity index (χ0) is 26.0. The van der Waals surface area contributed by atoms with Gasteiger partial charge in [0.15, 0.2) is 6.29 Å². The molecule has 0 radical (unpaired) electrons. The van der Waals surface area contributed by atoms with Crippen LogP contribution in [0.15, 0.2) is 48.7 Å². The highest BCUT2D eigenvalue weighted by Crippen LogP contribution is 2.28. The minimum atomic E-state index is -1.63.